The average Bonchev–Trinajstić information content (AvgIpc) is 2.81. The van der Waals surface area contributed by atoms with E-state index in [-0.39, 0.29) is 5.82 Å². The molecule has 0 atom stereocenters. The summed E-state index contributed by atoms with van der Waals surface area (Å²) in [6, 6.07) is 8.61. The van der Waals surface area contributed by atoms with E-state index in [9.17, 15) is 4.39 Å². The Morgan fingerprint density at radius 3 is 2.90 bits per heavy atom. The van der Waals surface area contributed by atoms with Crippen molar-refractivity contribution in [1.29, 1.82) is 0 Å². The lowest BCUT2D eigenvalue weighted by Crippen LogP contribution is -2.18. The Balaban J connectivity index is 1.94. The first kappa shape index (κ1) is 12.6. The molecule has 102 valence electrons. The summed E-state index contributed by atoms with van der Waals surface area (Å²) in [4.78, 5) is 10.6. The number of nitrogens with zero attached hydrogens (tertiary/aromatic N) is 4. The summed E-state index contributed by atoms with van der Waals surface area (Å²) in [6.07, 6.45) is 3.51. The number of hydrogen-bond acceptors (Lipinski definition) is 3. The van der Waals surface area contributed by atoms with Gasteiger partial charge < -0.3 is 9.47 Å². The van der Waals surface area contributed by atoms with Crippen molar-refractivity contribution in [2.75, 3.05) is 11.9 Å². The van der Waals surface area contributed by atoms with E-state index in [0.717, 1.165) is 22.4 Å². The predicted octanol–water partition coefficient (Wildman–Crippen LogP) is 2.74. The second kappa shape index (κ2) is 4.92. The molecule has 4 nitrogen and oxygen atoms in total. The van der Waals surface area contributed by atoms with Gasteiger partial charge in [-0.15, -0.1) is 0 Å². The summed E-state index contributed by atoms with van der Waals surface area (Å²) in [6.45, 7) is 0.596. The molecule has 3 aromatic rings. The highest BCUT2D eigenvalue weighted by atomic mass is 19.1. The van der Waals surface area contributed by atoms with E-state index in [1.165, 1.54) is 6.07 Å². The first-order valence-electron chi connectivity index (χ1n) is 6.37. The van der Waals surface area contributed by atoms with Crippen LogP contribution in [-0.2, 0) is 13.6 Å². The standard InChI is InChI=1S/C15H15FN4/c1-19-7-6-13-14(19)17-10-18-15(13)20(2)9-11-4-3-5-12(16)8-11/h3-8,10H,9H2,1-2H3. The third-order valence-corrected chi connectivity index (χ3v) is 3.31. The number of anilines is 1. The van der Waals surface area contributed by atoms with Crippen molar-refractivity contribution in [2.45, 2.75) is 6.54 Å². The molecule has 0 aliphatic carbocycles. The van der Waals surface area contributed by atoms with Crippen LogP contribution >= 0.6 is 0 Å². The molecule has 1 aromatic carbocycles. The quantitative estimate of drug-likeness (QED) is 0.734. The molecule has 0 saturated carbocycles. The monoisotopic (exact) mass is 270 g/mol. The Morgan fingerprint density at radius 2 is 2.10 bits per heavy atom. The van der Waals surface area contributed by atoms with Gasteiger partial charge in [0.05, 0.1) is 5.39 Å². The number of halogens is 1. The van der Waals surface area contributed by atoms with E-state index in [4.69, 9.17) is 0 Å². The molecule has 2 aromatic heterocycles. The molecule has 0 spiro atoms. The SMILES string of the molecule is CN(Cc1cccc(F)c1)c1ncnc2c1ccn2C. The molecule has 0 aliphatic rings. The molecule has 0 aliphatic heterocycles. The van der Waals surface area contributed by atoms with Crippen LogP contribution in [0.15, 0.2) is 42.9 Å². The molecule has 0 unspecified atom stereocenters. The molecular weight excluding hydrogens is 255 g/mol. The van der Waals surface area contributed by atoms with Crippen LogP contribution in [-0.4, -0.2) is 21.6 Å². The molecule has 2 heterocycles. The van der Waals surface area contributed by atoms with Crippen molar-refractivity contribution in [3.63, 3.8) is 0 Å². The van der Waals surface area contributed by atoms with E-state index < -0.39 is 0 Å². The van der Waals surface area contributed by atoms with Crippen molar-refractivity contribution in [3.05, 3.63) is 54.2 Å². The van der Waals surface area contributed by atoms with Crippen LogP contribution in [0.1, 0.15) is 5.56 Å². The fourth-order valence-electron chi connectivity index (χ4n) is 2.35. The lowest BCUT2D eigenvalue weighted by atomic mass is 10.2. The molecule has 0 bridgehead atoms. The molecule has 0 saturated heterocycles. The molecule has 0 radical (unpaired) electrons. The second-order valence-corrected chi connectivity index (χ2v) is 4.85. The van der Waals surface area contributed by atoms with E-state index >= 15 is 0 Å². The number of benzene rings is 1. The summed E-state index contributed by atoms with van der Waals surface area (Å²) in [5.74, 6) is 0.628. The van der Waals surface area contributed by atoms with Crippen molar-refractivity contribution in [2.24, 2.45) is 7.05 Å². The van der Waals surface area contributed by atoms with Gasteiger partial charge in [0.2, 0.25) is 0 Å². The summed E-state index contributed by atoms with van der Waals surface area (Å²) < 4.78 is 15.2. The van der Waals surface area contributed by atoms with Crippen molar-refractivity contribution < 1.29 is 4.39 Å². The second-order valence-electron chi connectivity index (χ2n) is 4.85. The minimum Gasteiger partial charge on any atom is -0.355 e. The normalized spacial score (nSPS) is 10.9. The third-order valence-electron chi connectivity index (χ3n) is 3.31. The molecule has 0 N–H and O–H groups in total. The van der Waals surface area contributed by atoms with Crippen molar-refractivity contribution >= 4 is 16.9 Å². The zero-order valence-corrected chi connectivity index (χ0v) is 11.4. The highest BCUT2D eigenvalue weighted by molar-refractivity contribution is 5.87. The van der Waals surface area contributed by atoms with Gasteiger partial charge in [0.25, 0.3) is 0 Å². The minimum atomic E-state index is -0.219. The maximum Gasteiger partial charge on any atom is 0.145 e. The van der Waals surface area contributed by atoms with Crippen LogP contribution in [0.5, 0.6) is 0 Å². The van der Waals surface area contributed by atoms with Crippen LogP contribution in [0.3, 0.4) is 0 Å². The van der Waals surface area contributed by atoms with E-state index in [1.807, 2.05) is 41.9 Å². The number of aromatic nitrogens is 3. The Kier molecular flexibility index (Phi) is 3.10. The predicted molar refractivity (Wildman–Crippen MR) is 77.0 cm³/mol. The van der Waals surface area contributed by atoms with Crippen LogP contribution in [0.25, 0.3) is 11.0 Å². The summed E-state index contributed by atoms with van der Waals surface area (Å²) in [7, 11) is 3.89. The van der Waals surface area contributed by atoms with Crippen molar-refractivity contribution in [3.8, 4) is 0 Å². The average molecular weight is 270 g/mol. The Bertz CT molecular complexity index is 750. The zero-order chi connectivity index (χ0) is 14.1. The highest BCUT2D eigenvalue weighted by Crippen LogP contribution is 2.23. The smallest absolute Gasteiger partial charge is 0.145 e. The van der Waals surface area contributed by atoms with Crippen molar-refractivity contribution in [1.82, 2.24) is 14.5 Å². The minimum absolute atomic E-state index is 0.219. The third kappa shape index (κ3) is 2.22. The lowest BCUT2D eigenvalue weighted by molar-refractivity contribution is 0.625. The number of fused-ring (bicyclic) bond motifs is 1. The van der Waals surface area contributed by atoms with Gasteiger partial charge in [0.1, 0.15) is 23.6 Å². The van der Waals surface area contributed by atoms with Gasteiger partial charge in [0, 0.05) is 26.8 Å². The van der Waals surface area contributed by atoms with Gasteiger partial charge in [-0.2, -0.15) is 0 Å². The molecule has 3 rings (SSSR count). The molecule has 0 fully saturated rings. The number of aryl methyl sites for hydroxylation is 1. The first-order chi connectivity index (χ1) is 9.65. The molecule has 20 heavy (non-hydrogen) atoms. The fourth-order valence-corrected chi connectivity index (χ4v) is 2.35. The van der Waals surface area contributed by atoms with Crippen LogP contribution in [0, 0.1) is 5.82 Å². The van der Waals surface area contributed by atoms with E-state index in [1.54, 1.807) is 18.5 Å². The van der Waals surface area contributed by atoms with Gasteiger partial charge in [-0.3, -0.25) is 0 Å². The zero-order valence-electron chi connectivity index (χ0n) is 11.4. The van der Waals surface area contributed by atoms with Gasteiger partial charge in [0.15, 0.2) is 0 Å². The number of rotatable bonds is 3. The number of hydrogen-bond donors (Lipinski definition) is 0. The van der Waals surface area contributed by atoms with Gasteiger partial charge >= 0.3 is 0 Å². The summed E-state index contributed by atoms with van der Waals surface area (Å²) in [5.41, 5.74) is 1.80. The fraction of sp³-hybridized carbons (Fsp3) is 0.200. The van der Waals surface area contributed by atoms with Gasteiger partial charge in [-0.25, -0.2) is 14.4 Å². The topological polar surface area (TPSA) is 34.0 Å². The molecule has 0 amide bonds. The van der Waals surface area contributed by atoms with Gasteiger partial charge in [-0.05, 0) is 23.8 Å². The van der Waals surface area contributed by atoms with E-state index in [0.29, 0.717) is 6.54 Å². The van der Waals surface area contributed by atoms with Gasteiger partial charge in [-0.1, -0.05) is 12.1 Å². The van der Waals surface area contributed by atoms with Crippen LogP contribution in [0.2, 0.25) is 0 Å². The maximum atomic E-state index is 13.2. The van der Waals surface area contributed by atoms with E-state index in [2.05, 4.69) is 9.97 Å². The van der Waals surface area contributed by atoms with Crippen LogP contribution in [0.4, 0.5) is 10.2 Å². The lowest BCUT2D eigenvalue weighted by Gasteiger charge is -2.19. The molecule has 5 heteroatoms. The molecular formula is C15H15FN4. The largest absolute Gasteiger partial charge is 0.355 e. The summed E-state index contributed by atoms with van der Waals surface area (Å²) >= 11 is 0. The summed E-state index contributed by atoms with van der Waals surface area (Å²) in [5, 5.41) is 0.994. The Labute approximate surface area is 116 Å². The first-order valence-corrected chi connectivity index (χ1v) is 6.37. The highest BCUT2D eigenvalue weighted by Gasteiger charge is 2.11. The van der Waals surface area contributed by atoms with Crippen LogP contribution < -0.4 is 4.90 Å². The Hall–Kier alpha value is -2.43. The maximum absolute atomic E-state index is 13.2. The Morgan fingerprint density at radius 1 is 1.25 bits per heavy atom.